The van der Waals surface area contributed by atoms with Crippen molar-refractivity contribution in [3.05, 3.63) is 57.3 Å². The molecule has 1 heterocycles. The third-order valence-electron chi connectivity index (χ3n) is 5.86. The summed E-state index contributed by atoms with van der Waals surface area (Å²) in [7, 11) is 0. The largest absolute Gasteiger partial charge is 0.343 e. The summed E-state index contributed by atoms with van der Waals surface area (Å²) in [5, 5.41) is 0. The highest BCUT2D eigenvalue weighted by Crippen LogP contribution is 2.30. The number of carbonyl (C=O) groups is 2. The smallest absolute Gasteiger partial charge is 0.223 e. The van der Waals surface area contributed by atoms with Crippen molar-refractivity contribution in [2.75, 3.05) is 13.1 Å². The zero-order valence-electron chi connectivity index (χ0n) is 20.2. The van der Waals surface area contributed by atoms with Gasteiger partial charge in [0.2, 0.25) is 5.91 Å². The lowest BCUT2D eigenvalue weighted by atomic mass is 9.83. The van der Waals surface area contributed by atoms with Crippen LogP contribution in [-0.4, -0.2) is 29.7 Å². The van der Waals surface area contributed by atoms with Gasteiger partial charge in [-0.15, -0.1) is 11.3 Å². The Morgan fingerprint density at radius 3 is 2.16 bits per heavy atom. The minimum absolute atomic E-state index is 0.135. The molecule has 1 amide bonds. The summed E-state index contributed by atoms with van der Waals surface area (Å²) in [6.07, 6.45) is 3.95. The van der Waals surface area contributed by atoms with Gasteiger partial charge in [-0.1, -0.05) is 52.0 Å². The Morgan fingerprint density at radius 1 is 0.935 bits per heavy atom. The van der Waals surface area contributed by atoms with Crippen LogP contribution in [0.1, 0.15) is 92.4 Å². The van der Waals surface area contributed by atoms with Crippen LogP contribution in [0.25, 0.3) is 0 Å². The van der Waals surface area contributed by atoms with E-state index in [0.29, 0.717) is 18.8 Å². The molecule has 0 saturated carbocycles. The van der Waals surface area contributed by atoms with E-state index in [2.05, 4.69) is 44.2 Å². The molecule has 0 atom stereocenters. The standard InChI is InChI=1S/C27H39NO2S/c1-7-28(8-2)26(30)19-27(5,6)18-24(29)25-17-16-23(31-25)11-9-10-21-12-14-22(15-13-21)20(3)4/h12-17,20H,7-11,18-19H2,1-6H3. The van der Waals surface area contributed by atoms with Gasteiger partial charge >= 0.3 is 0 Å². The first-order valence-corrected chi connectivity index (χ1v) is 12.5. The van der Waals surface area contributed by atoms with E-state index >= 15 is 0 Å². The second-order valence-electron chi connectivity index (χ2n) is 9.52. The zero-order valence-corrected chi connectivity index (χ0v) is 21.0. The molecule has 0 spiro atoms. The molecule has 0 N–H and O–H groups in total. The molecule has 4 heteroatoms. The summed E-state index contributed by atoms with van der Waals surface area (Å²) in [5.74, 6) is 0.852. The van der Waals surface area contributed by atoms with Crippen molar-refractivity contribution in [1.82, 2.24) is 4.90 Å². The Morgan fingerprint density at radius 2 is 1.58 bits per heavy atom. The third kappa shape index (κ3) is 7.92. The number of nitrogens with zero attached hydrogens (tertiary/aromatic N) is 1. The predicted octanol–water partition coefficient (Wildman–Crippen LogP) is 6.90. The third-order valence-corrected chi connectivity index (χ3v) is 7.04. The van der Waals surface area contributed by atoms with Crippen LogP contribution in [0.3, 0.4) is 0 Å². The van der Waals surface area contributed by atoms with Crippen molar-refractivity contribution in [3.8, 4) is 0 Å². The number of ketones is 1. The fraction of sp³-hybridized carbons (Fsp3) is 0.556. The summed E-state index contributed by atoms with van der Waals surface area (Å²) in [4.78, 5) is 29.2. The fourth-order valence-corrected chi connectivity index (χ4v) is 4.87. The van der Waals surface area contributed by atoms with Gasteiger partial charge in [-0.25, -0.2) is 0 Å². The van der Waals surface area contributed by atoms with Crippen molar-refractivity contribution in [1.29, 1.82) is 0 Å². The van der Waals surface area contributed by atoms with E-state index in [1.54, 1.807) is 11.3 Å². The molecule has 170 valence electrons. The molecule has 2 aromatic rings. The highest BCUT2D eigenvalue weighted by atomic mass is 32.1. The number of hydrogen-bond acceptors (Lipinski definition) is 3. The van der Waals surface area contributed by atoms with Crippen LogP contribution >= 0.6 is 11.3 Å². The average molecular weight is 442 g/mol. The first-order valence-electron chi connectivity index (χ1n) is 11.6. The summed E-state index contributed by atoms with van der Waals surface area (Å²) in [6, 6.07) is 13.0. The Kier molecular flexibility index (Phi) is 9.49. The van der Waals surface area contributed by atoms with Gasteiger partial charge in [0.1, 0.15) is 0 Å². The van der Waals surface area contributed by atoms with Crippen molar-refractivity contribution < 1.29 is 9.59 Å². The monoisotopic (exact) mass is 441 g/mol. The number of aryl methyl sites for hydroxylation is 2. The normalized spacial score (nSPS) is 11.7. The Bertz CT molecular complexity index is 844. The maximum absolute atomic E-state index is 12.8. The SMILES string of the molecule is CCN(CC)C(=O)CC(C)(C)CC(=O)c1ccc(CCCc2ccc(C(C)C)cc2)s1. The van der Waals surface area contributed by atoms with Gasteiger partial charge < -0.3 is 4.90 Å². The highest BCUT2D eigenvalue weighted by Gasteiger charge is 2.28. The molecular weight excluding hydrogens is 402 g/mol. The predicted molar refractivity (Wildman–Crippen MR) is 132 cm³/mol. The molecular formula is C27H39NO2S. The molecule has 1 aromatic carbocycles. The molecule has 1 aromatic heterocycles. The lowest BCUT2D eigenvalue weighted by Crippen LogP contribution is -2.34. The number of hydrogen-bond donors (Lipinski definition) is 0. The second kappa shape index (κ2) is 11.6. The maximum atomic E-state index is 12.8. The van der Waals surface area contributed by atoms with E-state index in [0.717, 1.165) is 37.2 Å². The first-order chi connectivity index (χ1) is 14.6. The number of benzene rings is 1. The molecule has 31 heavy (non-hydrogen) atoms. The Labute approximate surface area is 192 Å². The van der Waals surface area contributed by atoms with Crippen LogP contribution in [-0.2, 0) is 17.6 Å². The quantitative estimate of drug-likeness (QED) is 0.336. The topological polar surface area (TPSA) is 37.4 Å². The molecule has 0 unspecified atom stereocenters. The molecule has 0 saturated heterocycles. The summed E-state index contributed by atoms with van der Waals surface area (Å²) in [6.45, 7) is 13.9. The van der Waals surface area contributed by atoms with Crippen molar-refractivity contribution >= 4 is 23.0 Å². The Hall–Kier alpha value is -1.94. The summed E-state index contributed by atoms with van der Waals surface area (Å²) < 4.78 is 0. The number of rotatable bonds is 12. The molecule has 0 radical (unpaired) electrons. The summed E-state index contributed by atoms with van der Waals surface area (Å²) >= 11 is 1.61. The molecule has 2 rings (SSSR count). The lowest BCUT2D eigenvalue weighted by molar-refractivity contribution is -0.132. The van der Waals surface area contributed by atoms with Crippen molar-refractivity contribution in [2.24, 2.45) is 5.41 Å². The lowest BCUT2D eigenvalue weighted by Gasteiger charge is -2.27. The molecule has 3 nitrogen and oxygen atoms in total. The van der Waals surface area contributed by atoms with E-state index in [4.69, 9.17) is 0 Å². The van der Waals surface area contributed by atoms with Gasteiger partial charge in [0, 0.05) is 30.8 Å². The molecule has 0 aliphatic carbocycles. The van der Waals surface area contributed by atoms with Gasteiger partial charge in [-0.05, 0) is 67.7 Å². The van der Waals surface area contributed by atoms with Gasteiger partial charge in [-0.2, -0.15) is 0 Å². The van der Waals surface area contributed by atoms with Gasteiger partial charge in [-0.3, -0.25) is 9.59 Å². The second-order valence-corrected chi connectivity index (χ2v) is 10.7. The first kappa shape index (κ1) is 25.3. The van der Waals surface area contributed by atoms with Gasteiger partial charge in [0.15, 0.2) is 5.78 Å². The van der Waals surface area contributed by atoms with E-state index in [1.807, 2.05) is 38.7 Å². The van der Waals surface area contributed by atoms with E-state index < -0.39 is 0 Å². The number of thiophene rings is 1. The van der Waals surface area contributed by atoms with E-state index in [1.165, 1.54) is 16.0 Å². The van der Waals surface area contributed by atoms with Gasteiger partial charge in [0.25, 0.3) is 0 Å². The average Bonchev–Trinajstić information content (AvgIpc) is 3.17. The fourth-order valence-electron chi connectivity index (χ4n) is 3.88. The van der Waals surface area contributed by atoms with Crippen LogP contribution in [0.15, 0.2) is 36.4 Å². The number of Topliss-reactive ketones (excluding diaryl/α,β-unsaturated/α-hetero) is 1. The highest BCUT2D eigenvalue weighted by molar-refractivity contribution is 7.14. The van der Waals surface area contributed by atoms with E-state index in [-0.39, 0.29) is 17.1 Å². The Balaban J connectivity index is 1.85. The molecule has 0 aliphatic rings. The van der Waals surface area contributed by atoms with Crippen LogP contribution in [0.4, 0.5) is 0 Å². The summed E-state index contributed by atoms with van der Waals surface area (Å²) in [5.41, 5.74) is 2.42. The van der Waals surface area contributed by atoms with Crippen LogP contribution in [0.5, 0.6) is 0 Å². The van der Waals surface area contributed by atoms with Crippen molar-refractivity contribution in [3.63, 3.8) is 0 Å². The zero-order chi connectivity index (χ0) is 23.0. The molecule has 0 aliphatic heterocycles. The number of amides is 1. The van der Waals surface area contributed by atoms with Crippen LogP contribution in [0, 0.1) is 5.41 Å². The molecule has 0 fully saturated rings. The van der Waals surface area contributed by atoms with Crippen LogP contribution < -0.4 is 0 Å². The van der Waals surface area contributed by atoms with E-state index in [9.17, 15) is 9.59 Å². The van der Waals surface area contributed by atoms with Gasteiger partial charge in [0.05, 0.1) is 4.88 Å². The number of carbonyl (C=O) groups excluding carboxylic acids is 2. The minimum atomic E-state index is -0.330. The molecule has 0 bridgehead atoms. The maximum Gasteiger partial charge on any atom is 0.223 e. The van der Waals surface area contributed by atoms with Crippen LogP contribution in [0.2, 0.25) is 0 Å². The van der Waals surface area contributed by atoms with Crippen molar-refractivity contribution in [2.45, 2.75) is 79.6 Å². The minimum Gasteiger partial charge on any atom is -0.343 e.